The molecular weight excluding hydrogens is 302 g/mol. The van der Waals surface area contributed by atoms with Gasteiger partial charge >= 0.3 is 0 Å². The number of benzene rings is 2. The molecule has 6 nitrogen and oxygen atoms in total. The normalized spacial score (nSPS) is 12.5. The Morgan fingerprint density at radius 2 is 1.64 bits per heavy atom. The second-order valence-electron chi connectivity index (χ2n) is 4.61. The number of rotatable bonds is 3. The predicted molar refractivity (Wildman–Crippen MR) is 85.2 cm³/mol. The van der Waals surface area contributed by atoms with E-state index in [1.54, 1.807) is 36.4 Å². The first-order chi connectivity index (χ1) is 10.5. The molecule has 110 valence electrons. The first kappa shape index (κ1) is 14.0. The summed E-state index contributed by atoms with van der Waals surface area (Å²) in [6.07, 6.45) is 0. The van der Waals surface area contributed by atoms with Gasteiger partial charge in [-0.1, -0.05) is 0 Å². The van der Waals surface area contributed by atoms with Gasteiger partial charge in [-0.05, 0) is 54.7 Å². The molecule has 2 aromatic rings. The van der Waals surface area contributed by atoms with Crippen molar-refractivity contribution >= 4 is 34.8 Å². The Morgan fingerprint density at radius 3 is 2.32 bits per heavy atom. The number of thiocarbonyl (C=S) groups is 1. The number of anilines is 1. The molecule has 0 saturated carbocycles. The highest BCUT2D eigenvalue weighted by Crippen LogP contribution is 2.27. The maximum absolute atomic E-state index is 11.6. The van der Waals surface area contributed by atoms with Crippen LogP contribution in [-0.2, 0) is 0 Å². The van der Waals surface area contributed by atoms with Crippen LogP contribution in [0.5, 0.6) is 11.5 Å². The number of amides is 2. The number of carbonyl (C=O) groups is 2. The highest BCUT2D eigenvalue weighted by molar-refractivity contribution is 7.80. The summed E-state index contributed by atoms with van der Waals surface area (Å²) >= 11 is 4.75. The van der Waals surface area contributed by atoms with Crippen LogP contribution in [0.15, 0.2) is 42.5 Å². The molecule has 0 radical (unpaired) electrons. The smallest absolute Gasteiger partial charge is 0.259 e. The molecule has 0 fully saturated rings. The summed E-state index contributed by atoms with van der Waals surface area (Å²) in [4.78, 5) is 23.1. The fourth-order valence-electron chi connectivity index (χ4n) is 2.10. The SMILES string of the molecule is NC(=S)Nc1ccc(Oc2ccc3c(c2)C(=O)NC3=O)cc1. The Hall–Kier alpha value is -2.93. The van der Waals surface area contributed by atoms with Crippen LogP contribution in [0.4, 0.5) is 5.69 Å². The number of hydrogen-bond acceptors (Lipinski definition) is 4. The van der Waals surface area contributed by atoms with Crippen molar-refractivity contribution in [3.05, 3.63) is 53.6 Å². The number of fused-ring (bicyclic) bond motifs is 1. The Bertz CT molecular complexity index is 787. The van der Waals surface area contributed by atoms with E-state index in [1.165, 1.54) is 6.07 Å². The lowest BCUT2D eigenvalue weighted by molar-refractivity contribution is 0.0879. The van der Waals surface area contributed by atoms with Crippen molar-refractivity contribution in [3.8, 4) is 11.5 Å². The first-order valence-electron chi connectivity index (χ1n) is 6.37. The molecule has 4 N–H and O–H groups in total. The van der Waals surface area contributed by atoms with Crippen molar-refractivity contribution in [3.63, 3.8) is 0 Å². The first-order valence-corrected chi connectivity index (χ1v) is 6.78. The minimum atomic E-state index is -0.415. The van der Waals surface area contributed by atoms with Crippen LogP contribution < -0.4 is 21.1 Å². The van der Waals surface area contributed by atoms with E-state index in [-0.39, 0.29) is 11.0 Å². The number of nitrogens with one attached hydrogen (secondary N) is 2. The van der Waals surface area contributed by atoms with Crippen molar-refractivity contribution in [2.75, 3.05) is 5.32 Å². The van der Waals surface area contributed by atoms with Crippen molar-refractivity contribution in [1.82, 2.24) is 5.32 Å². The molecule has 1 aliphatic rings. The standard InChI is InChI=1S/C15H11N3O3S/c16-15(22)17-8-1-3-9(4-2-8)21-10-5-6-11-12(7-10)14(20)18-13(11)19/h1-7H,(H3,16,17,22)(H,18,19,20). The van der Waals surface area contributed by atoms with E-state index in [4.69, 9.17) is 22.7 Å². The van der Waals surface area contributed by atoms with Gasteiger partial charge in [0.1, 0.15) is 11.5 Å². The maximum Gasteiger partial charge on any atom is 0.259 e. The minimum Gasteiger partial charge on any atom is -0.457 e. The van der Waals surface area contributed by atoms with Crippen molar-refractivity contribution in [1.29, 1.82) is 0 Å². The Labute approximate surface area is 131 Å². The maximum atomic E-state index is 11.6. The minimum absolute atomic E-state index is 0.183. The van der Waals surface area contributed by atoms with E-state index in [1.807, 2.05) is 0 Å². The van der Waals surface area contributed by atoms with Gasteiger partial charge in [0.15, 0.2) is 5.11 Å². The van der Waals surface area contributed by atoms with Crippen LogP contribution in [0.2, 0.25) is 0 Å². The third-order valence-corrected chi connectivity index (χ3v) is 3.17. The molecule has 1 heterocycles. The molecule has 0 unspecified atom stereocenters. The molecule has 1 aliphatic heterocycles. The average molecular weight is 313 g/mol. The van der Waals surface area contributed by atoms with Gasteiger partial charge in [0.25, 0.3) is 11.8 Å². The van der Waals surface area contributed by atoms with E-state index < -0.39 is 5.91 Å². The fraction of sp³-hybridized carbons (Fsp3) is 0. The zero-order valence-corrected chi connectivity index (χ0v) is 12.1. The second kappa shape index (κ2) is 5.45. The molecule has 3 rings (SSSR count). The van der Waals surface area contributed by atoms with E-state index >= 15 is 0 Å². The summed E-state index contributed by atoms with van der Waals surface area (Å²) in [6.45, 7) is 0. The summed E-state index contributed by atoms with van der Waals surface area (Å²) in [5.74, 6) is 0.248. The molecule has 0 bridgehead atoms. The molecule has 7 heteroatoms. The van der Waals surface area contributed by atoms with Gasteiger partial charge in [0.2, 0.25) is 0 Å². The summed E-state index contributed by atoms with van der Waals surface area (Å²) in [7, 11) is 0. The summed E-state index contributed by atoms with van der Waals surface area (Å²) in [6, 6.07) is 11.7. The zero-order valence-electron chi connectivity index (χ0n) is 11.3. The van der Waals surface area contributed by atoms with Gasteiger partial charge in [-0.15, -0.1) is 0 Å². The molecule has 0 atom stereocenters. The van der Waals surface area contributed by atoms with Gasteiger partial charge in [-0.25, -0.2) is 0 Å². The number of carbonyl (C=O) groups excluding carboxylic acids is 2. The zero-order chi connectivity index (χ0) is 15.7. The lowest BCUT2D eigenvalue weighted by Crippen LogP contribution is -2.19. The van der Waals surface area contributed by atoms with E-state index in [0.29, 0.717) is 22.6 Å². The van der Waals surface area contributed by atoms with Gasteiger partial charge in [0, 0.05) is 5.69 Å². The fourth-order valence-corrected chi connectivity index (χ4v) is 2.21. The van der Waals surface area contributed by atoms with Crippen LogP contribution >= 0.6 is 12.2 Å². The van der Waals surface area contributed by atoms with Gasteiger partial charge in [-0.2, -0.15) is 0 Å². The van der Waals surface area contributed by atoms with E-state index in [0.717, 1.165) is 5.69 Å². The Morgan fingerprint density at radius 1 is 1.00 bits per heavy atom. The van der Waals surface area contributed by atoms with Crippen LogP contribution in [0, 0.1) is 0 Å². The van der Waals surface area contributed by atoms with E-state index in [9.17, 15) is 9.59 Å². The van der Waals surface area contributed by atoms with Crippen molar-refractivity contribution < 1.29 is 14.3 Å². The number of hydrogen-bond donors (Lipinski definition) is 3. The highest BCUT2D eigenvalue weighted by Gasteiger charge is 2.26. The third-order valence-electron chi connectivity index (χ3n) is 3.06. The lowest BCUT2D eigenvalue weighted by atomic mass is 10.1. The lowest BCUT2D eigenvalue weighted by Gasteiger charge is -2.08. The van der Waals surface area contributed by atoms with Crippen LogP contribution in [0.1, 0.15) is 20.7 Å². The largest absolute Gasteiger partial charge is 0.457 e. The number of imide groups is 1. The Kier molecular flexibility index (Phi) is 3.48. The summed E-state index contributed by atoms with van der Waals surface area (Å²) in [5, 5.41) is 5.22. The molecular formula is C15H11N3O3S. The van der Waals surface area contributed by atoms with Gasteiger partial charge < -0.3 is 15.8 Å². The van der Waals surface area contributed by atoms with Crippen LogP contribution in [0.3, 0.4) is 0 Å². The molecule has 2 aromatic carbocycles. The molecule has 0 aliphatic carbocycles. The van der Waals surface area contributed by atoms with E-state index in [2.05, 4.69) is 10.6 Å². The Balaban J connectivity index is 1.79. The monoisotopic (exact) mass is 313 g/mol. The van der Waals surface area contributed by atoms with Gasteiger partial charge in [-0.3, -0.25) is 14.9 Å². The molecule has 0 spiro atoms. The molecule has 22 heavy (non-hydrogen) atoms. The van der Waals surface area contributed by atoms with Crippen LogP contribution in [0.25, 0.3) is 0 Å². The molecule has 0 saturated heterocycles. The van der Waals surface area contributed by atoms with Crippen LogP contribution in [-0.4, -0.2) is 16.9 Å². The summed E-state index contributed by atoms with van der Waals surface area (Å²) < 4.78 is 5.66. The van der Waals surface area contributed by atoms with Crippen molar-refractivity contribution in [2.24, 2.45) is 5.73 Å². The van der Waals surface area contributed by atoms with Gasteiger partial charge in [0.05, 0.1) is 11.1 Å². The number of nitrogens with two attached hydrogens (primary N) is 1. The quantitative estimate of drug-likeness (QED) is 0.593. The highest BCUT2D eigenvalue weighted by atomic mass is 32.1. The predicted octanol–water partition coefficient (Wildman–Crippen LogP) is 2.02. The molecule has 2 amide bonds. The second-order valence-corrected chi connectivity index (χ2v) is 5.05. The molecule has 0 aromatic heterocycles. The topological polar surface area (TPSA) is 93.4 Å². The third kappa shape index (κ3) is 2.75. The number of ether oxygens (including phenoxy) is 1. The summed E-state index contributed by atoms with van der Waals surface area (Å²) in [5.41, 5.74) is 6.80. The van der Waals surface area contributed by atoms with Crippen molar-refractivity contribution in [2.45, 2.75) is 0 Å². The average Bonchev–Trinajstić information content (AvgIpc) is 2.75.